The number of nitrogens with zero attached hydrogens (tertiary/aromatic N) is 6. The smallest absolute Gasteiger partial charge is 0.258 e. The van der Waals surface area contributed by atoms with Crippen molar-refractivity contribution in [1.82, 2.24) is 34.6 Å². The van der Waals surface area contributed by atoms with Crippen LogP contribution in [0.1, 0.15) is 12.2 Å². The van der Waals surface area contributed by atoms with E-state index in [1.807, 2.05) is 10.8 Å². The quantitative estimate of drug-likeness (QED) is 0.607. The largest absolute Gasteiger partial charge is 0.467 e. The summed E-state index contributed by atoms with van der Waals surface area (Å²) in [6.45, 7) is 3.04. The Balaban J connectivity index is 1.45. The van der Waals surface area contributed by atoms with Gasteiger partial charge in [-0.25, -0.2) is 14.6 Å². The van der Waals surface area contributed by atoms with Crippen molar-refractivity contribution in [3.05, 3.63) is 49.1 Å². The van der Waals surface area contributed by atoms with Crippen LogP contribution >= 0.6 is 0 Å². The highest BCUT2D eigenvalue weighted by Crippen LogP contribution is 2.12. The van der Waals surface area contributed by atoms with Gasteiger partial charge in [0.1, 0.15) is 5.82 Å². The maximum Gasteiger partial charge on any atom is 0.258 e. The molecular weight excluding hydrogens is 322 g/mol. The third kappa shape index (κ3) is 4.87. The molecule has 0 fully saturated rings. The van der Waals surface area contributed by atoms with Gasteiger partial charge in [-0.1, -0.05) is 0 Å². The van der Waals surface area contributed by atoms with Crippen LogP contribution in [0.3, 0.4) is 0 Å². The molecule has 25 heavy (non-hydrogen) atoms. The van der Waals surface area contributed by atoms with E-state index in [1.165, 1.54) is 0 Å². The maximum absolute atomic E-state index is 11.9. The summed E-state index contributed by atoms with van der Waals surface area (Å²) in [5, 5.41) is 6.93. The maximum atomic E-state index is 11.9. The Labute approximate surface area is 144 Å². The Kier molecular flexibility index (Phi) is 5.35. The predicted molar refractivity (Wildman–Crippen MR) is 89.2 cm³/mol. The summed E-state index contributed by atoms with van der Waals surface area (Å²) >= 11 is 0. The fourth-order valence-electron chi connectivity index (χ4n) is 2.22. The van der Waals surface area contributed by atoms with Crippen molar-refractivity contribution in [2.75, 3.05) is 13.2 Å². The van der Waals surface area contributed by atoms with Gasteiger partial charge in [-0.2, -0.15) is 10.1 Å². The summed E-state index contributed by atoms with van der Waals surface area (Å²) in [6.07, 6.45) is 9.62. The molecule has 0 aliphatic rings. The first-order valence-corrected chi connectivity index (χ1v) is 7.91. The molecule has 3 aromatic rings. The number of carbonyl (C=O) groups excluding carboxylic acids is 1. The van der Waals surface area contributed by atoms with Gasteiger partial charge in [0.25, 0.3) is 5.91 Å². The van der Waals surface area contributed by atoms with Crippen LogP contribution in [-0.2, 0) is 11.3 Å². The molecule has 0 atom stereocenters. The second kappa shape index (κ2) is 8.04. The molecule has 0 radical (unpaired) electrons. The summed E-state index contributed by atoms with van der Waals surface area (Å²) in [5.74, 6) is 1.28. The average molecular weight is 341 g/mol. The highest BCUT2D eigenvalue weighted by molar-refractivity contribution is 5.77. The van der Waals surface area contributed by atoms with Crippen LogP contribution in [0.5, 0.6) is 5.88 Å². The van der Waals surface area contributed by atoms with E-state index in [2.05, 4.69) is 25.4 Å². The van der Waals surface area contributed by atoms with Crippen LogP contribution in [-0.4, -0.2) is 48.4 Å². The van der Waals surface area contributed by atoms with Crippen LogP contribution in [0, 0.1) is 6.92 Å². The van der Waals surface area contributed by atoms with Crippen molar-refractivity contribution in [1.29, 1.82) is 0 Å². The molecule has 1 amide bonds. The molecule has 0 aliphatic carbocycles. The van der Waals surface area contributed by atoms with E-state index in [0.717, 1.165) is 13.0 Å². The number of ether oxygens (including phenoxy) is 1. The first-order valence-electron chi connectivity index (χ1n) is 7.91. The number of aryl methyl sites for hydroxylation is 2. The summed E-state index contributed by atoms with van der Waals surface area (Å²) in [7, 11) is 0. The van der Waals surface area contributed by atoms with Crippen LogP contribution in [0.15, 0.2) is 43.2 Å². The average Bonchev–Trinajstić information content (AvgIpc) is 3.29. The van der Waals surface area contributed by atoms with Crippen molar-refractivity contribution in [3.8, 4) is 11.7 Å². The molecule has 0 bridgehead atoms. The van der Waals surface area contributed by atoms with Crippen molar-refractivity contribution in [2.45, 2.75) is 19.9 Å². The lowest BCUT2D eigenvalue weighted by atomic mass is 10.4. The molecule has 9 heteroatoms. The van der Waals surface area contributed by atoms with Gasteiger partial charge >= 0.3 is 0 Å². The zero-order valence-electron chi connectivity index (χ0n) is 13.9. The summed E-state index contributed by atoms with van der Waals surface area (Å²) < 4.78 is 9.04. The summed E-state index contributed by atoms with van der Waals surface area (Å²) in [4.78, 5) is 24.3. The SMILES string of the molecule is Cc1nc(OCC(=O)NCCCn2ccnc2)cc(-n2cccn2)n1. The molecular formula is C16H19N7O2. The van der Waals surface area contributed by atoms with Gasteiger partial charge in [0.15, 0.2) is 12.4 Å². The molecule has 0 spiro atoms. The summed E-state index contributed by atoms with van der Waals surface area (Å²) in [6, 6.07) is 3.45. The molecule has 3 aromatic heterocycles. The fraction of sp³-hybridized carbons (Fsp3) is 0.312. The number of nitrogens with one attached hydrogen (secondary N) is 1. The molecule has 9 nitrogen and oxygen atoms in total. The van der Waals surface area contributed by atoms with E-state index >= 15 is 0 Å². The van der Waals surface area contributed by atoms with Gasteiger partial charge in [0, 0.05) is 43.9 Å². The van der Waals surface area contributed by atoms with Crippen LogP contribution in [0.4, 0.5) is 0 Å². The molecule has 3 rings (SSSR count). The minimum absolute atomic E-state index is 0.0971. The lowest BCUT2D eigenvalue weighted by molar-refractivity contribution is -0.123. The van der Waals surface area contributed by atoms with E-state index in [9.17, 15) is 4.79 Å². The highest BCUT2D eigenvalue weighted by Gasteiger charge is 2.07. The highest BCUT2D eigenvalue weighted by atomic mass is 16.5. The van der Waals surface area contributed by atoms with E-state index in [0.29, 0.717) is 24.1 Å². The molecule has 0 aromatic carbocycles. The van der Waals surface area contributed by atoms with Gasteiger partial charge in [0.2, 0.25) is 5.88 Å². The van der Waals surface area contributed by atoms with Gasteiger partial charge in [-0.3, -0.25) is 4.79 Å². The van der Waals surface area contributed by atoms with Gasteiger partial charge in [-0.15, -0.1) is 0 Å². The number of hydrogen-bond acceptors (Lipinski definition) is 6. The second-order valence-electron chi connectivity index (χ2n) is 5.35. The summed E-state index contributed by atoms with van der Waals surface area (Å²) in [5.41, 5.74) is 0. The van der Waals surface area contributed by atoms with Gasteiger partial charge in [0.05, 0.1) is 6.33 Å². The zero-order valence-corrected chi connectivity index (χ0v) is 13.9. The molecule has 0 unspecified atom stereocenters. The number of aromatic nitrogens is 6. The first-order chi connectivity index (χ1) is 12.2. The Morgan fingerprint density at radius 1 is 1.28 bits per heavy atom. The third-order valence-electron chi connectivity index (χ3n) is 3.37. The minimum Gasteiger partial charge on any atom is -0.467 e. The number of hydrogen-bond donors (Lipinski definition) is 1. The lowest BCUT2D eigenvalue weighted by Crippen LogP contribution is -2.30. The Morgan fingerprint density at radius 3 is 2.96 bits per heavy atom. The minimum atomic E-state index is -0.192. The van der Waals surface area contributed by atoms with Crippen molar-refractivity contribution in [3.63, 3.8) is 0 Å². The first kappa shape index (κ1) is 16.6. The van der Waals surface area contributed by atoms with Gasteiger partial charge < -0.3 is 14.6 Å². The number of rotatable bonds is 8. The number of imidazole rings is 1. The van der Waals surface area contributed by atoms with Gasteiger partial charge in [-0.05, 0) is 19.4 Å². The molecule has 0 aliphatic heterocycles. The lowest BCUT2D eigenvalue weighted by Gasteiger charge is -2.09. The monoisotopic (exact) mass is 341 g/mol. The van der Waals surface area contributed by atoms with Crippen molar-refractivity contribution in [2.24, 2.45) is 0 Å². The predicted octanol–water partition coefficient (Wildman–Crippen LogP) is 0.753. The number of amides is 1. The Morgan fingerprint density at radius 2 is 2.20 bits per heavy atom. The molecule has 1 N–H and O–H groups in total. The topological polar surface area (TPSA) is 99.8 Å². The zero-order chi connectivity index (χ0) is 17.5. The fourth-order valence-corrected chi connectivity index (χ4v) is 2.22. The van der Waals surface area contributed by atoms with Crippen LogP contribution in [0.2, 0.25) is 0 Å². The second-order valence-corrected chi connectivity index (χ2v) is 5.35. The van der Waals surface area contributed by atoms with E-state index in [4.69, 9.17) is 4.74 Å². The number of carbonyl (C=O) groups is 1. The standard InChI is InChI=1S/C16H19N7O2/c1-13-20-14(23-8-3-5-19-23)10-16(21-13)25-11-15(24)18-4-2-7-22-9-6-17-12-22/h3,5-6,8-10,12H,2,4,7,11H2,1H3,(H,18,24). The molecule has 130 valence electrons. The Bertz CT molecular complexity index is 800. The van der Waals surface area contributed by atoms with Crippen molar-refractivity contribution >= 4 is 5.91 Å². The van der Waals surface area contributed by atoms with E-state index in [1.54, 1.807) is 48.7 Å². The van der Waals surface area contributed by atoms with E-state index in [-0.39, 0.29) is 12.5 Å². The van der Waals surface area contributed by atoms with Crippen molar-refractivity contribution < 1.29 is 9.53 Å². The Hall–Kier alpha value is -3.23. The van der Waals surface area contributed by atoms with Crippen LogP contribution < -0.4 is 10.1 Å². The normalized spacial score (nSPS) is 10.6. The van der Waals surface area contributed by atoms with E-state index < -0.39 is 0 Å². The molecule has 3 heterocycles. The van der Waals surface area contributed by atoms with Crippen LogP contribution in [0.25, 0.3) is 5.82 Å². The third-order valence-corrected chi connectivity index (χ3v) is 3.37. The molecule has 0 saturated heterocycles. The molecule has 0 saturated carbocycles.